The van der Waals surface area contributed by atoms with E-state index in [0.717, 1.165) is 38.5 Å². The van der Waals surface area contributed by atoms with Gasteiger partial charge in [-0.05, 0) is 12.8 Å². The summed E-state index contributed by atoms with van der Waals surface area (Å²) in [5.41, 5.74) is 5.52. The first kappa shape index (κ1) is 45.3. The van der Waals surface area contributed by atoms with E-state index in [9.17, 15) is 19.5 Å². The zero-order valence-electron chi connectivity index (χ0n) is 30.8. The molecule has 0 bridgehead atoms. The number of ether oxygens (including phenoxy) is 3. The minimum Gasteiger partial charge on any atom is -0.481 e. The van der Waals surface area contributed by atoms with E-state index in [2.05, 4.69) is 13.8 Å². The second-order valence-corrected chi connectivity index (χ2v) is 13.6. The molecule has 0 saturated heterocycles. The Morgan fingerprint density at radius 3 is 1.23 bits per heavy atom. The van der Waals surface area contributed by atoms with Gasteiger partial charge < -0.3 is 25.1 Å². The molecule has 0 fully saturated rings. The van der Waals surface area contributed by atoms with E-state index in [1.807, 2.05) is 0 Å². The summed E-state index contributed by atoms with van der Waals surface area (Å²) >= 11 is 0. The molecule has 2 unspecified atom stereocenters. The third kappa shape index (κ3) is 32.6. The second kappa shape index (κ2) is 35.6. The lowest BCUT2D eigenvalue weighted by Crippen LogP contribution is -2.33. The number of hydrogen-bond acceptors (Lipinski definition) is 7. The van der Waals surface area contributed by atoms with Crippen LogP contribution in [0.5, 0.6) is 0 Å². The fraction of sp³-hybridized carbons (Fsp3) is 0.923. The summed E-state index contributed by atoms with van der Waals surface area (Å²) in [7, 11) is 0. The normalized spacial score (nSPS) is 12.6. The summed E-state index contributed by atoms with van der Waals surface area (Å²) < 4.78 is 16.5. The smallest absolute Gasteiger partial charge is 0.310 e. The fourth-order valence-corrected chi connectivity index (χ4v) is 5.78. The van der Waals surface area contributed by atoms with Gasteiger partial charge in [0.1, 0.15) is 6.61 Å². The molecular weight excluding hydrogens is 594 g/mol. The Hall–Kier alpha value is -1.67. The molecule has 278 valence electrons. The van der Waals surface area contributed by atoms with Crippen LogP contribution >= 0.6 is 0 Å². The molecule has 8 nitrogen and oxygen atoms in total. The van der Waals surface area contributed by atoms with Gasteiger partial charge in [0.05, 0.1) is 19.1 Å². The van der Waals surface area contributed by atoms with Crippen molar-refractivity contribution in [3.63, 3.8) is 0 Å². The average Bonchev–Trinajstić information content (AvgIpc) is 3.05. The van der Waals surface area contributed by atoms with Crippen molar-refractivity contribution in [1.82, 2.24) is 0 Å². The molecule has 0 aromatic rings. The molecule has 0 aliphatic heterocycles. The van der Waals surface area contributed by atoms with Crippen LogP contribution in [0.3, 0.4) is 0 Å². The lowest BCUT2D eigenvalue weighted by molar-refractivity contribution is -0.164. The topological polar surface area (TPSA) is 125 Å². The molecule has 0 saturated carbocycles. The van der Waals surface area contributed by atoms with Crippen molar-refractivity contribution >= 4 is 17.9 Å². The first-order valence-electron chi connectivity index (χ1n) is 19.8. The van der Waals surface area contributed by atoms with Crippen molar-refractivity contribution < 1.29 is 33.7 Å². The number of hydrogen-bond donors (Lipinski definition) is 2. The average molecular weight is 670 g/mol. The number of carboxylic acid groups (broad SMARTS) is 1. The third-order valence-corrected chi connectivity index (χ3v) is 8.95. The predicted molar refractivity (Wildman–Crippen MR) is 192 cm³/mol. The Morgan fingerprint density at radius 2 is 0.872 bits per heavy atom. The van der Waals surface area contributed by atoms with E-state index in [-0.39, 0.29) is 38.3 Å². The van der Waals surface area contributed by atoms with Gasteiger partial charge in [-0.25, -0.2) is 0 Å². The molecule has 2 atom stereocenters. The van der Waals surface area contributed by atoms with Gasteiger partial charge in [-0.3, -0.25) is 14.4 Å². The van der Waals surface area contributed by atoms with E-state index in [1.165, 1.54) is 128 Å². The first-order valence-corrected chi connectivity index (χ1v) is 19.8. The number of unbranched alkanes of at least 4 members (excludes halogenated alkanes) is 24. The summed E-state index contributed by atoms with van der Waals surface area (Å²) in [6, 6.07) is 0. The van der Waals surface area contributed by atoms with E-state index < -0.39 is 18.0 Å². The number of nitrogens with two attached hydrogens (primary N) is 1. The zero-order valence-corrected chi connectivity index (χ0v) is 30.8. The molecule has 0 radical (unpaired) electrons. The van der Waals surface area contributed by atoms with E-state index in [1.54, 1.807) is 0 Å². The standard InChI is InChI=1S/C39H75NO7/c1-3-5-7-9-11-13-15-17-19-21-23-25-27-29-37(41)46-34-36(33-45-32-35(31-40)39(43)44)47-38(42)30-28-26-24-22-20-18-16-14-12-10-8-6-4-2/h35-36H,3-34,40H2,1-2H3,(H,43,44). The van der Waals surface area contributed by atoms with Gasteiger partial charge in [-0.1, -0.05) is 168 Å². The number of carbonyl (C=O) groups is 3. The van der Waals surface area contributed by atoms with Gasteiger partial charge in [-0.2, -0.15) is 0 Å². The first-order chi connectivity index (χ1) is 22.9. The van der Waals surface area contributed by atoms with Crippen LogP contribution in [0.4, 0.5) is 0 Å². The van der Waals surface area contributed by atoms with Crippen LogP contribution in [0, 0.1) is 5.92 Å². The molecule has 3 N–H and O–H groups in total. The molecule has 0 rings (SSSR count). The predicted octanol–water partition coefficient (Wildman–Crippen LogP) is 10.1. The monoisotopic (exact) mass is 670 g/mol. The van der Waals surface area contributed by atoms with Crippen molar-refractivity contribution in [1.29, 1.82) is 0 Å². The Morgan fingerprint density at radius 1 is 0.511 bits per heavy atom. The molecule has 0 aromatic heterocycles. The lowest BCUT2D eigenvalue weighted by atomic mass is 10.0. The van der Waals surface area contributed by atoms with Crippen LogP contribution in [0.15, 0.2) is 0 Å². The Bertz CT molecular complexity index is 717. The van der Waals surface area contributed by atoms with Gasteiger partial charge in [0.15, 0.2) is 6.10 Å². The molecule has 8 heteroatoms. The second-order valence-electron chi connectivity index (χ2n) is 13.6. The number of rotatable bonds is 37. The maximum atomic E-state index is 12.5. The molecule has 0 heterocycles. The summed E-state index contributed by atoms with van der Waals surface area (Å²) in [5, 5.41) is 9.21. The van der Waals surface area contributed by atoms with Gasteiger partial charge >= 0.3 is 17.9 Å². The van der Waals surface area contributed by atoms with Crippen molar-refractivity contribution in [3.8, 4) is 0 Å². The van der Waals surface area contributed by atoms with E-state index in [4.69, 9.17) is 19.9 Å². The van der Waals surface area contributed by atoms with Crippen molar-refractivity contribution in [3.05, 3.63) is 0 Å². The van der Waals surface area contributed by atoms with Gasteiger partial charge in [-0.15, -0.1) is 0 Å². The minimum atomic E-state index is -1.03. The molecule has 0 aliphatic rings. The van der Waals surface area contributed by atoms with Gasteiger partial charge in [0.25, 0.3) is 0 Å². The summed E-state index contributed by atoms with van der Waals surface area (Å²) in [6.45, 7) is 4.23. The number of esters is 2. The van der Waals surface area contributed by atoms with Crippen LogP contribution in [-0.2, 0) is 28.6 Å². The van der Waals surface area contributed by atoms with Crippen molar-refractivity contribution in [2.45, 2.75) is 200 Å². The zero-order chi connectivity index (χ0) is 34.6. The highest BCUT2D eigenvalue weighted by Crippen LogP contribution is 2.15. The van der Waals surface area contributed by atoms with Crippen LogP contribution in [0.1, 0.15) is 194 Å². The van der Waals surface area contributed by atoms with Crippen molar-refractivity contribution in [2.24, 2.45) is 11.7 Å². The van der Waals surface area contributed by atoms with Crippen LogP contribution in [0.2, 0.25) is 0 Å². The minimum absolute atomic E-state index is 0.0415. The van der Waals surface area contributed by atoms with Crippen LogP contribution in [0.25, 0.3) is 0 Å². The highest BCUT2D eigenvalue weighted by Gasteiger charge is 2.20. The van der Waals surface area contributed by atoms with E-state index in [0.29, 0.717) is 12.8 Å². The molecule has 0 aromatic carbocycles. The molecule has 0 aliphatic carbocycles. The van der Waals surface area contributed by atoms with Crippen LogP contribution in [-0.4, -0.2) is 55.5 Å². The summed E-state index contributed by atoms with van der Waals surface area (Å²) in [6.07, 6.45) is 32.1. The number of carbonyl (C=O) groups excluding carboxylic acids is 2. The maximum Gasteiger partial charge on any atom is 0.310 e. The van der Waals surface area contributed by atoms with Gasteiger partial charge in [0.2, 0.25) is 0 Å². The molecule has 0 spiro atoms. The summed E-state index contributed by atoms with van der Waals surface area (Å²) in [5.74, 6) is -2.53. The maximum absolute atomic E-state index is 12.5. The fourth-order valence-electron chi connectivity index (χ4n) is 5.78. The molecule has 47 heavy (non-hydrogen) atoms. The lowest BCUT2D eigenvalue weighted by Gasteiger charge is -2.19. The molecule has 0 amide bonds. The highest BCUT2D eigenvalue weighted by atomic mass is 16.6. The number of carboxylic acids is 1. The highest BCUT2D eigenvalue weighted by molar-refractivity contribution is 5.71. The Kier molecular flexibility index (Phi) is 34.4. The number of aliphatic carboxylic acids is 1. The quantitative estimate of drug-likeness (QED) is 0.0494. The summed E-state index contributed by atoms with van der Waals surface area (Å²) in [4.78, 5) is 36.2. The van der Waals surface area contributed by atoms with Crippen LogP contribution < -0.4 is 5.73 Å². The van der Waals surface area contributed by atoms with Crippen molar-refractivity contribution in [2.75, 3.05) is 26.4 Å². The van der Waals surface area contributed by atoms with Gasteiger partial charge in [0, 0.05) is 19.4 Å². The molecular formula is C39H75NO7. The SMILES string of the molecule is CCCCCCCCCCCCCCCC(=O)OCC(COCC(CN)C(=O)O)OC(=O)CCCCCCCCCCCCCCC. The van der Waals surface area contributed by atoms with E-state index >= 15 is 0 Å². The third-order valence-electron chi connectivity index (χ3n) is 8.95. The Balaban J connectivity index is 4.15. The Labute approximate surface area is 289 Å². The largest absolute Gasteiger partial charge is 0.481 e.